The fourth-order valence-electron chi connectivity index (χ4n) is 3.42. The molecular weight excluding hydrogens is 322 g/mol. The van der Waals surface area contributed by atoms with E-state index in [1.165, 1.54) is 26.4 Å². The summed E-state index contributed by atoms with van der Waals surface area (Å²) >= 11 is 0. The van der Waals surface area contributed by atoms with E-state index in [1.807, 2.05) is 6.07 Å². The maximum Gasteiger partial charge on any atom is 0.344 e. The molecule has 6 nitrogen and oxygen atoms in total. The highest BCUT2D eigenvalue weighted by Gasteiger charge is 2.36. The van der Waals surface area contributed by atoms with Gasteiger partial charge in [0.1, 0.15) is 5.60 Å². The summed E-state index contributed by atoms with van der Waals surface area (Å²) in [7, 11) is 1.54. The smallest absolute Gasteiger partial charge is 0.344 e. The van der Waals surface area contributed by atoms with E-state index >= 15 is 0 Å². The van der Waals surface area contributed by atoms with Gasteiger partial charge in [-0.2, -0.15) is 0 Å². The van der Waals surface area contributed by atoms with E-state index in [-0.39, 0.29) is 5.60 Å². The molecule has 3 rings (SSSR count). The van der Waals surface area contributed by atoms with Crippen LogP contribution in [0.1, 0.15) is 51.0 Å². The summed E-state index contributed by atoms with van der Waals surface area (Å²) in [6.07, 6.45) is 7.22. The summed E-state index contributed by atoms with van der Waals surface area (Å²) < 4.78 is 11.0. The number of ether oxygens (including phenoxy) is 2. The minimum absolute atomic E-state index is 0.221. The van der Waals surface area contributed by atoms with Crippen LogP contribution in [-0.4, -0.2) is 29.9 Å². The van der Waals surface area contributed by atoms with Gasteiger partial charge in [-0.15, -0.1) is 0 Å². The van der Waals surface area contributed by atoms with Crippen LogP contribution in [0, 0.1) is 0 Å². The molecule has 2 aliphatic rings. The van der Waals surface area contributed by atoms with Crippen molar-refractivity contribution in [2.45, 2.75) is 57.2 Å². The van der Waals surface area contributed by atoms with Gasteiger partial charge < -0.3 is 14.6 Å². The summed E-state index contributed by atoms with van der Waals surface area (Å²) in [5.74, 6) is -0.0606. The van der Waals surface area contributed by atoms with Crippen molar-refractivity contribution in [1.82, 2.24) is 5.48 Å². The standard InChI is InChI=1S/C19H25NO5/c1-3-15(18(21)22)24-17-11-13(7-8-16(17)23-2)14-12-19(25-20-14)9-5-4-6-10-19/h7-8,11-12,15,20H,3-6,9-10H2,1-2H3,(H,21,22). The Kier molecular flexibility index (Phi) is 5.18. The second kappa shape index (κ2) is 7.35. The van der Waals surface area contributed by atoms with E-state index in [1.54, 1.807) is 19.1 Å². The van der Waals surface area contributed by atoms with Gasteiger partial charge in [-0.05, 0) is 43.5 Å². The second-order valence-corrected chi connectivity index (χ2v) is 6.61. The number of benzene rings is 1. The predicted molar refractivity (Wildman–Crippen MR) is 93.4 cm³/mol. The lowest BCUT2D eigenvalue weighted by Crippen LogP contribution is -2.31. The molecule has 0 radical (unpaired) electrons. The van der Waals surface area contributed by atoms with Crippen LogP contribution in [0.2, 0.25) is 0 Å². The zero-order valence-corrected chi connectivity index (χ0v) is 14.7. The zero-order valence-electron chi connectivity index (χ0n) is 14.7. The topological polar surface area (TPSA) is 77.0 Å². The highest BCUT2D eigenvalue weighted by Crippen LogP contribution is 2.39. The summed E-state index contributed by atoms with van der Waals surface area (Å²) in [5.41, 5.74) is 4.59. The van der Waals surface area contributed by atoms with E-state index in [2.05, 4.69) is 11.6 Å². The number of rotatable bonds is 6. The van der Waals surface area contributed by atoms with E-state index in [0.717, 1.165) is 24.1 Å². The first-order valence-corrected chi connectivity index (χ1v) is 8.81. The quantitative estimate of drug-likeness (QED) is 0.820. The molecule has 1 aromatic rings. The Balaban J connectivity index is 1.86. The first-order valence-electron chi connectivity index (χ1n) is 8.81. The molecule has 1 fully saturated rings. The van der Waals surface area contributed by atoms with E-state index in [0.29, 0.717) is 17.9 Å². The molecule has 0 amide bonds. The number of hydroxylamine groups is 1. The number of carboxylic acids is 1. The lowest BCUT2D eigenvalue weighted by molar-refractivity contribution is -0.145. The van der Waals surface area contributed by atoms with Crippen LogP contribution in [0.3, 0.4) is 0 Å². The fourth-order valence-corrected chi connectivity index (χ4v) is 3.42. The van der Waals surface area contributed by atoms with Crippen molar-refractivity contribution in [1.29, 1.82) is 0 Å². The zero-order chi connectivity index (χ0) is 17.9. The number of carboxylic acid groups (broad SMARTS) is 1. The fraction of sp³-hybridized carbons (Fsp3) is 0.526. The molecule has 25 heavy (non-hydrogen) atoms. The van der Waals surface area contributed by atoms with Gasteiger partial charge in [0.05, 0.1) is 12.8 Å². The molecule has 1 unspecified atom stereocenters. The highest BCUT2D eigenvalue weighted by molar-refractivity contribution is 5.73. The average molecular weight is 347 g/mol. The first kappa shape index (κ1) is 17.6. The monoisotopic (exact) mass is 347 g/mol. The van der Waals surface area contributed by atoms with Gasteiger partial charge >= 0.3 is 5.97 Å². The van der Waals surface area contributed by atoms with Gasteiger partial charge in [-0.25, -0.2) is 4.79 Å². The van der Waals surface area contributed by atoms with Crippen LogP contribution in [-0.2, 0) is 9.63 Å². The van der Waals surface area contributed by atoms with Crippen LogP contribution in [0.5, 0.6) is 11.5 Å². The maximum atomic E-state index is 11.3. The van der Waals surface area contributed by atoms with Gasteiger partial charge in [0.25, 0.3) is 0 Å². The largest absolute Gasteiger partial charge is 0.493 e. The Bertz CT molecular complexity index is 664. The van der Waals surface area contributed by atoms with Gasteiger partial charge in [0.15, 0.2) is 17.6 Å². The molecule has 1 spiro atoms. The number of nitrogens with one attached hydrogen (secondary N) is 1. The van der Waals surface area contributed by atoms with E-state index in [4.69, 9.17) is 14.3 Å². The van der Waals surface area contributed by atoms with Crippen LogP contribution in [0.15, 0.2) is 24.3 Å². The molecule has 136 valence electrons. The van der Waals surface area contributed by atoms with Crippen LogP contribution >= 0.6 is 0 Å². The molecular formula is C19H25NO5. The van der Waals surface area contributed by atoms with Crippen molar-refractivity contribution in [3.8, 4) is 11.5 Å². The Morgan fingerprint density at radius 1 is 1.32 bits per heavy atom. The van der Waals surface area contributed by atoms with Gasteiger partial charge in [-0.1, -0.05) is 26.2 Å². The minimum Gasteiger partial charge on any atom is -0.493 e. The van der Waals surface area contributed by atoms with Gasteiger partial charge in [-0.3, -0.25) is 10.3 Å². The Hall–Kier alpha value is -2.21. The third-order valence-corrected chi connectivity index (χ3v) is 4.86. The normalized spacial score (nSPS) is 19.8. The van der Waals surface area contributed by atoms with Gasteiger partial charge in [0, 0.05) is 5.56 Å². The molecule has 1 heterocycles. The molecule has 0 aromatic heterocycles. The first-order chi connectivity index (χ1) is 12.1. The Morgan fingerprint density at radius 2 is 2.08 bits per heavy atom. The second-order valence-electron chi connectivity index (χ2n) is 6.61. The van der Waals surface area contributed by atoms with Crippen LogP contribution < -0.4 is 15.0 Å². The summed E-state index contributed by atoms with van der Waals surface area (Å²) in [6.45, 7) is 1.77. The molecule has 0 saturated heterocycles. The number of hydrogen-bond acceptors (Lipinski definition) is 5. The van der Waals surface area contributed by atoms with Crippen molar-refractivity contribution in [3.63, 3.8) is 0 Å². The summed E-state index contributed by atoms with van der Waals surface area (Å²) in [6, 6.07) is 5.50. The number of hydrogen-bond donors (Lipinski definition) is 2. The Labute approximate surface area is 147 Å². The van der Waals surface area contributed by atoms with Crippen LogP contribution in [0.25, 0.3) is 5.70 Å². The molecule has 1 atom stereocenters. The lowest BCUT2D eigenvalue weighted by Gasteiger charge is -2.29. The summed E-state index contributed by atoms with van der Waals surface area (Å²) in [4.78, 5) is 17.1. The summed E-state index contributed by atoms with van der Waals surface area (Å²) in [5, 5.41) is 9.24. The third-order valence-electron chi connectivity index (χ3n) is 4.86. The number of carbonyl (C=O) groups is 1. The third kappa shape index (κ3) is 3.74. The number of methoxy groups -OCH3 is 1. The maximum absolute atomic E-state index is 11.3. The van der Waals surface area contributed by atoms with Crippen molar-refractivity contribution >= 4 is 11.7 Å². The van der Waals surface area contributed by atoms with E-state index < -0.39 is 12.1 Å². The SMILES string of the molecule is CCC(Oc1cc(C2=CC3(CCCCC3)ON2)ccc1OC)C(=O)O. The molecule has 1 aromatic carbocycles. The van der Waals surface area contributed by atoms with Crippen molar-refractivity contribution in [2.75, 3.05) is 7.11 Å². The van der Waals surface area contributed by atoms with Crippen LogP contribution in [0.4, 0.5) is 0 Å². The molecule has 1 aliphatic carbocycles. The molecule has 1 saturated carbocycles. The van der Waals surface area contributed by atoms with Gasteiger partial charge in [0.2, 0.25) is 0 Å². The predicted octanol–water partition coefficient (Wildman–Crippen LogP) is 3.52. The van der Waals surface area contributed by atoms with E-state index in [9.17, 15) is 9.90 Å². The molecule has 0 bridgehead atoms. The highest BCUT2D eigenvalue weighted by atomic mass is 16.7. The molecule has 6 heteroatoms. The molecule has 2 N–H and O–H groups in total. The molecule has 1 aliphatic heterocycles. The van der Waals surface area contributed by atoms with Crippen molar-refractivity contribution < 1.29 is 24.2 Å². The number of aliphatic carboxylic acids is 1. The Morgan fingerprint density at radius 3 is 2.72 bits per heavy atom. The van der Waals surface area contributed by atoms with Crippen molar-refractivity contribution in [2.24, 2.45) is 0 Å². The lowest BCUT2D eigenvalue weighted by atomic mass is 9.84. The average Bonchev–Trinajstić information content (AvgIpc) is 3.03. The minimum atomic E-state index is -0.988. The van der Waals surface area contributed by atoms with Crippen molar-refractivity contribution in [3.05, 3.63) is 29.8 Å².